The van der Waals surface area contributed by atoms with Crippen LogP contribution in [-0.2, 0) is 21.9 Å². The number of rotatable bonds is 12. The second-order valence-electron chi connectivity index (χ2n) is 12.9. The minimum absolute atomic E-state index is 0.0633. The molecule has 0 aliphatic heterocycles. The van der Waals surface area contributed by atoms with Crippen LogP contribution in [0, 0.1) is 0 Å². The number of methoxy groups -OCH3 is 3. The Bertz CT molecular complexity index is 2240. The van der Waals surface area contributed by atoms with E-state index in [0.717, 1.165) is 22.8 Å². The fourth-order valence-electron chi connectivity index (χ4n) is 5.63. The van der Waals surface area contributed by atoms with Crippen LogP contribution in [0.15, 0.2) is 79.0 Å². The number of carbonyl (C=O) groups excluding carboxylic acids is 1. The summed E-state index contributed by atoms with van der Waals surface area (Å²) in [6.45, 7) is 5.92. The molecule has 4 N–H and O–H groups in total. The van der Waals surface area contributed by atoms with Crippen molar-refractivity contribution in [3.05, 3.63) is 101 Å². The lowest BCUT2D eigenvalue weighted by molar-refractivity contribution is 0.0689. The minimum atomic E-state index is -3.64. The summed E-state index contributed by atoms with van der Waals surface area (Å²) in [5.41, 5.74) is 2.72. The van der Waals surface area contributed by atoms with Crippen molar-refractivity contribution in [3.63, 3.8) is 0 Å². The van der Waals surface area contributed by atoms with E-state index in [-0.39, 0.29) is 39.6 Å². The fourth-order valence-corrected chi connectivity index (χ4v) is 6.18. The molecule has 1 heterocycles. The monoisotopic (exact) mass is 728 g/mol. The van der Waals surface area contributed by atoms with Crippen LogP contribution in [0.3, 0.4) is 0 Å². The normalized spacial score (nSPS) is 11.4. The van der Waals surface area contributed by atoms with E-state index in [1.165, 1.54) is 21.3 Å². The zero-order chi connectivity index (χ0) is 37.8. The molecule has 14 heteroatoms. The lowest BCUT2D eigenvalue weighted by atomic mass is 9.86. The maximum Gasteiger partial charge on any atom is 0.343 e. The van der Waals surface area contributed by atoms with E-state index in [1.807, 2.05) is 45.0 Å². The first-order valence-electron chi connectivity index (χ1n) is 16.0. The molecule has 0 saturated carbocycles. The molecular formula is C38H40N4O9S. The van der Waals surface area contributed by atoms with Gasteiger partial charge in [-0.1, -0.05) is 45.0 Å². The van der Waals surface area contributed by atoms with E-state index in [4.69, 9.17) is 18.9 Å². The van der Waals surface area contributed by atoms with Crippen LogP contribution in [0.5, 0.6) is 28.7 Å². The van der Waals surface area contributed by atoms with Gasteiger partial charge in [0.05, 0.1) is 44.6 Å². The van der Waals surface area contributed by atoms with Crippen molar-refractivity contribution in [2.45, 2.75) is 32.6 Å². The van der Waals surface area contributed by atoms with Gasteiger partial charge >= 0.3 is 12.0 Å². The number of ether oxygens (including phenoxy) is 4. The van der Waals surface area contributed by atoms with Gasteiger partial charge in [-0.25, -0.2) is 18.0 Å². The maximum atomic E-state index is 13.4. The van der Waals surface area contributed by atoms with Gasteiger partial charge in [0.15, 0.2) is 5.75 Å². The standard InChI is InChI=1S/C38H40N4O9S/c1-38(2,3)23-19-29(35(50-6)30(20-23)42-52(7,46)47)41-37(45)40-28-12-13-31(27-11-9-8-10-26(27)28)51-25-14-15-39-24(21-25)16-22-17-32(48-4)34(36(43)44)33(18-22)49-5/h8-15,17-21,42H,16H2,1-7H3,(H,43,44)(H2,40,41,45). The van der Waals surface area contributed by atoms with Gasteiger partial charge in [0.2, 0.25) is 10.0 Å². The number of hydrogen-bond donors (Lipinski definition) is 4. The number of aromatic nitrogens is 1. The molecule has 0 aliphatic carbocycles. The highest BCUT2D eigenvalue weighted by Crippen LogP contribution is 2.40. The molecule has 2 amide bonds. The smallest absolute Gasteiger partial charge is 0.343 e. The van der Waals surface area contributed by atoms with Gasteiger partial charge in [0.25, 0.3) is 0 Å². The summed E-state index contributed by atoms with van der Waals surface area (Å²) in [6.07, 6.45) is 3.01. The van der Waals surface area contributed by atoms with Gasteiger partial charge in [0, 0.05) is 35.2 Å². The first-order chi connectivity index (χ1) is 24.6. The van der Waals surface area contributed by atoms with Gasteiger partial charge in [-0.05, 0) is 59.0 Å². The lowest BCUT2D eigenvalue weighted by Crippen LogP contribution is -2.22. The number of nitrogens with one attached hydrogen (secondary N) is 3. The average Bonchev–Trinajstić information content (AvgIpc) is 3.07. The van der Waals surface area contributed by atoms with Crippen LogP contribution in [0.2, 0.25) is 0 Å². The molecule has 5 aromatic rings. The van der Waals surface area contributed by atoms with Gasteiger partial charge in [-0.15, -0.1) is 0 Å². The number of sulfonamides is 1. The minimum Gasteiger partial charge on any atom is -0.496 e. The highest BCUT2D eigenvalue weighted by atomic mass is 32.2. The van der Waals surface area contributed by atoms with Gasteiger partial charge in [-0.3, -0.25) is 9.71 Å². The number of carbonyl (C=O) groups is 2. The Morgan fingerprint density at radius 1 is 0.788 bits per heavy atom. The van der Waals surface area contributed by atoms with E-state index < -0.39 is 22.0 Å². The van der Waals surface area contributed by atoms with Crippen molar-refractivity contribution in [3.8, 4) is 28.7 Å². The molecule has 272 valence electrons. The third-order valence-corrected chi connectivity index (χ3v) is 8.61. The quantitative estimate of drug-likeness (QED) is 0.0999. The molecule has 0 aliphatic rings. The second kappa shape index (κ2) is 15.1. The molecule has 0 unspecified atom stereocenters. The Labute approximate surface area is 302 Å². The number of aromatic carboxylic acids is 1. The number of amides is 2. The van der Waals surface area contributed by atoms with Crippen molar-refractivity contribution in [2.24, 2.45) is 0 Å². The van der Waals surface area contributed by atoms with Crippen molar-refractivity contribution < 1.29 is 42.1 Å². The van der Waals surface area contributed by atoms with E-state index in [9.17, 15) is 23.1 Å². The molecule has 52 heavy (non-hydrogen) atoms. The molecule has 0 spiro atoms. The average molecular weight is 729 g/mol. The van der Waals surface area contributed by atoms with E-state index >= 15 is 0 Å². The van der Waals surface area contributed by atoms with Crippen molar-refractivity contribution >= 4 is 49.9 Å². The number of urea groups is 1. The Balaban J connectivity index is 1.40. The Hall–Kier alpha value is -6.02. The van der Waals surface area contributed by atoms with E-state index in [1.54, 1.807) is 54.7 Å². The summed E-state index contributed by atoms with van der Waals surface area (Å²) < 4.78 is 49.2. The first kappa shape index (κ1) is 37.2. The van der Waals surface area contributed by atoms with Gasteiger partial charge in [0.1, 0.15) is 28.6 Å². The largest absolute Gasteiger partial charge is 0.496 e. The summed E-state index contributed by atoms with van der Waals surface area (Å²) >= 11 is 0. The summed E-state index contributed by atoms with van der Waals surface area (Å²) in [4.78, 5) is 29.7. The topological polar surface area (TPSA) is 174 Å². The number of carboxylic acids is 1. The molecule has 0 atom stereocenters. The summed E-state index contributed by atoms with van der Waals surface area (Å²) in [6, 6.07) is 20.5. The number of pyridine rings is 1. The molecule has 0 radical (unpaired) electrons. The van der Waals surface area contributed by atoms with Crippen LogP contribution in [0.25, 0.3) is 10.8 Å². The summed E-state index contributed by atoms with van der Waals surface area (Å²) in [5.74, 6) is 0.396. The molecule has 1 aromatic heterocycles. The SMILES string of the molecule is COc1cc(Cc2cc(Oc3ccc(NC(=O)Nc4cc(C(C)(C)C)cc(NS(C)(=O)=O)c4OC)c4ccccc34)ccn2)cc(OC)c1C(=O)O. The fraction of sp³-hybridized carbons (Fsp3) is 0.237. The van der Waals surface area contributed by atoms with Crippen molar-refractivity contribution in [1.29, 1.82) is 0 Å². The third-order valence-electron chi connectivity index (χ3n) is 8.02. The number of nitrogens with zero attached hydrogens (tertiary/aromatic N) is 1. The second-order valence-corrected chi connectivity index (χ2v) is 14.7. The maximum absolute atomic E-state index is 13.4. The van der Waals surface area contributed by atoms with Crippen molar-refractivity contribution in [1.82, 2.24) is 4.98 Å². The van der Waals surface area contributed by atoms with Gasteiger partial charge < -0.3 is 34.7 Å². The number of benzene rings is 4. The molecule has 0 bridgehead atoms. The molecular weight excluding hydrogens is 689 g/mol. The van der Waals surface area contributed by atoms with Crippen LogP contribution in [0.4, 0.5) is 21.9 Å². The number of hydrogen-bond acceptors (Lipinski definition) is 9. The van der Waals surface area contributed by atoms with Gasteiger partial charge in [-0.2, -0.15) is 0 Å². The number of carboxylic acid groups (broad SMARTS) is 1. The lowest BCUT2D eigenvalue weighted by Gasteiger charge is -2.24. The first-order valence-corrected chi connectivity index (χ1v) is 17.9. The molecule has 4 aromatic carbocycles. The predicted molar refractivity (Wildman–Crippen MR) is 200 cm³/mol. The van der Waals surface area contributed by atoms with E-state index in [2.05, 4.69) is 20.3 Å². The van der Waals surface area contributed by atoms with Crippen molar-refractivity contribution in [2.75, 3.05) is 42.9 Å². The Kier molecular flexibility index (Phi) is 10.8. The zero-order valence-corrected chi connectivity index (χ0v) is 30.6. The number of fused-ring (bicyclic) bond motifs is 1. The van der Waals surface area contributed by atoms with Crippen LogP contribution in [0.1, 0.15) is 48.0 Å². The zero-order valence-electron chi connectivity index (χ0n) is 29.8. The highest BCUT2D eigenvalue weighted by Gasteiger charge is 2.23. The molecule has 5 rings (SSSR count). The number of anilines is 3. The van der Waals surface area contributed by atoms with Crippen LogP contribution in [-0.4, -0.2) is 58.1 Å². The third kappa shape index (κ3) is 8.64. The van der Waals surface area contributed by atoms with Crippen LogP contribution < -0.4 is 34.3 Å². The molecule has 0 saturated heterocycles. The Morgan fingerprint density at radius 3 is 2.02 bits per heavy atom. The molecule has 13 nitrogen and oxygen atoms in total. The Morgan fingerprint density at radius 2 is 1.42 bits per heavy atom. The summed E-state index contributed by atoms with van der Waals surface area (Å²) in [5, 5.41) is 16.8. The molecule has 0 fully saturated rings. The highest BCUT2D eigenvalue weighted by molar-refractivity contribution is 7.92. The van der Waals surface area contributed by atoms with Crippen LogP contribution >= 0.6 is 0 Å². The summed E-state index contributed by atoms with van der Waals surface area (Å²) in [7, 11) is 0.548. The van der Waals surface area contributed by atoms with E-state index in [0.29, 0.717) is 34.7 Å². The predicted octanol–water partition coefficient (Wildman–Crippen LogP) is 7.65.